The molecule has 0 saturated heterocycles. The van der Waals surface area contributed by atoms with Crippen molar-refractivity contribution in [2.24, 2.45) is 4.99 Å². The van der Waals surface area contributed by atoms with E-state index in [1.165, 1.54) is 24.5 Å². The standard InChI is InChI=1S/C16H17N3O4S/c1-22-12-5-3-11(4-6-12)8-18-9-17-16-19(10-18)15(21)13(24-16)7-14(20)23-2/h3-7H,8-10H2,1-2H3/b13-7+. The number of thiazole rings is 1. The molecule has 7 nitrogen and oxygen atoms in total. The Morgan fingerprint density at radius 2 is 2.08 bits per heavy atom. The van der Waals surface area contributed by atoms with E-state index in [9.17, 15) is 9.59 Å². The first-order valence-corrected chi connectivity index (χ1v) is 8.11. The minimum atomic E-state index is -0.540. The van der Waals surface area contributed by atoms with Crippen LogP contribution >= 0.6 is 11.3 Å². The molecule has 1 aromatic heterocycles. The zero-order valence-electron chi connectivity index (χ0n) is 13.4. The van der Waals surface area contributed by atoms with E-state index in [-0.39, 0.29) is 5.56 Å². The van der Waals surface area contributed by atoms with Crippen LogP contribution in [0.3, 0.4) is 0 Å². The van der Waals surface area contributed by atoms with Crippen LogP contribution in [0.5, 0.6) is 5.75 Å². The van der Waals surface area contributed by atoms with Gasteiger partial charge in [0.2, 0.25) is 0 Å². The minimum Gasteiger partial charge on any atom is -0.497 e. The summed E-state index contributed by atoms with van der Waals surface area (Å²) in [6, 6.07) is 7.78. The van der Waals surface area contributed by atoms with Crippen LogP contribution in [0.4, 0.5) is 0 Å². The van der Waals surface area contributed by atoms with E-state index >= 15 is 0 Å². The van der Waals surface area contributed by atoms with E-state index in [1.54, 1.807) is 11.7 Å². The Morgan fingerprint density at radius 1 is 1.33 bits per heavy atom. The summed E-state index contributed by atoms with van der Waals surface area (Å²) in [5.74, 6) is 0.266. The second-order valence-corrected chi connectivity index (χ2v) is 6.28. The van der Waals surface area contributed by atoms with Gasteiger partial charge in [-0.2, -0.15) is 0 Å². The third-order valence-corrected chi connectivity index (χ3v) is 4.70. The molecular weight excluding hydrogens is 330 g/mol. The highest BCUT2D eigenvalue weighted by molar-refractivity contribution is 7.07. The number of ether oxygens (including phenoxy) is 2. The van der Waals surface area contributed by atoms with E-state index in [0.29, 0.717) is 29.2 Å². The van der Waals surface area contributed by atoms with Crippen LogP contribution in [0.2, 0.25) is 0 Å². The highest BCUT2D eigenvalue weighted by atomic mass is 32.1. The Balaban J connectivity index is 1.80. The number of carbonyl (C=O) groups excluding carboxylic acids is 1. The first-order chi connectivity index (χ1) is 11.6. The van der Waals surface area contributed by atoms with Gasteiger partial charge in [-0.3, -0.25) is 14.3 Å². The van der Waals surface area contributed by atoms with Gasteiger partial charge < -0.3 is 9.47 Å². The molecule has 3 rings (SSSR count). The van der Waals surface area contributed by atoms with E-state index < -0.39 is 5.97 Å². The number of hydrogen-bond acceptors (Lipinski definition) is 7. The van der Waals surface area contributed by atoms with Crippen molar-refractivity contribution in [2.45, 2.75) is 13.2 Å². The Morgan fingerprint density at radius 3 is 2.75 bits per heavy atom. The average molecular weight is 347 g/mol. The summed E-state index contributed by atoms with van der Waals surface area (Å²) in [5, 5.41) is 0. The maximum Gasteiger partial charge on any atom is 0.332 e. The van der Waals surface area contributed by atoms with Crippen molar-refractivity contribution in [3.8, 4) is 5.75 Å². The number of carbonyl (C=O) groups is 1. The van der Waals surface area contributed by atoms with Crippen molar-refractivity contribution >= 4 is 23.4 Å². The number of nitrogens with zero attached hydrogens (tertiary/aromatic N) is 3. The quantitative estimate of drug-likeness (QED) is 0.724. The lowest BCUT2D eigenvalue weighted by atomic mass is 10.2. The minimum absolute atomic E-state index is 0.219. The number of hydrogen-bond donors (Lipinski definition) is 0. The average Bonchev–Trinajstić information content (AvgIpc) is 2.91. The SMILES string of the molecule is COC(=O)/C=c1/sc2n(c1=O)CN(Cc1ccc(OC)cc1)CN=2. The molecule has 0 spiro atoms. The summed E-state index contributed by atoms with van der Waals surface area (Å²) < 4.78 is 11.6. The molecule has 0 radical (unpaired) electrons. The van der Waals surface area contributed by atoms with Gasteiger partial charge in [0.25, 0.3) is 5.56 Å². The summed E-state index contributed by atoms with van der Waals surface area (Å²) in [5.41, 5.74) is 0.891. The van der Waals surface area contributed by atoms with Crippen LogP contribution in [0, 0.1) is 0 Å². The Bertz CT molecular complexity index is 914. The predicted molar refractivity (Wildman–Crippen MR) is 89.2 cm³/mol. The molecule has 1 aliphatic rings. The molecule has 0 fully saturated rings. The third-order valence-electron chi connectivity index (χ3n) is 3.65. The van der Waals surface area contributed by atoms with Gasteiger partial charge in [0, 0.05) is 12.6 Å². The van der Waals surface area contributed by atoms with Crippen molar-refractivity contribution in [1.29, 1.82) is 0 Å². The van der Waals surface area contributed by atoms with Crippen molar-refractivity contribution in [1.82, 2.24) is 9.47 Å². The molecule has 0 amide bonds. The summed E-state index contributed by atoms with van der Waals surface area (Å²) in [7, 11) is 2.91. The van der Waals surface area contributed by atoms with Crippen LogP contribution in [-0.4, -0.2) is 36.3 Å². The smallest absolute Gasteiger partial charge is 0.332 e. The molecule has 2 heterocycles. The lowest BCUT2D eigenvalue weighted by Gasteiger charge is -2.23. The Hall–Kier alpha value is -2.45. The van der Waals surface area contributed by atoms with Crippen LogP contribution in [0.25, 0.3) is 6.08 Å². The second-order valence-electron chi connectivity index (χ2n) is 5.27. The van der Waals surface area contributed by atoms with Crippen LogP contribution < -0.4 is 19.6 Å². The molecule has 1 aromatic carbocycles. The molecule has 8 heteroatoms. The monoisotopic (exact) mass is 347 g/mol. The van der Waals surface area contributed by atoms with Gasteiger partial charge in [-0.1, -0.05) is 23.5 Å². The largest absolute Gasteiger partial charge is 0.497 e. The zero-order chi connectivity index (χ0) is 17.1. The molecule has 126 valence electrons. The maximum atomic E-state index is 12.4. The van der Waals surface area contributed by atoms with Crippen molar-refractivity contribution in [2.75, 3.05) is 20.9 Å². The maximum absolute atomic E-state index is 12.4. The van der Waals surface area contributed by atoms with Gasteiger partial charge in [-0.25, -0.2) is 9.79 Å². The number of fused-ring (bicyclic) bond motifs is 1. The molecule has 0 N–H and O–H groups in total. The summed E-state index contributed by atoms with van der Waals surface area (Å²) >= 11 is 1.20. The third kappa shape index (κ3) is 3.39. The lowest BCUT2D eigenvalue weighted by Crippen LogP contribution is -2.42. The fourth-order valence-corrected chi connectivity index (χ4v) is 3.33. The number of aromatic nitrogens is 1. The van der Waals surface area contributed by atoms with Gasteiger partial charge in [0.15, 0.2) is 4.80 Å². The van der Waals surface area contributed by atoms with Gasteiger partial charge in [-0.15, -0.1) is 0 Å². The zero-order valence-corrected chi connectivity index (χ0v) is 14.2. The highest BCUT2D eigenvalue weighted by Crippen LogP contribution is 2.13. The van der Waals surface area contributed by atoms with E-state index in [1.807, 2.05) is 29.2 Å². The van der Waals surface area contributed by atoms with E-state index in [2.05, 4.69) is 9.73 Å². The predicted octanol–water partition coefficient (Wildman–Crippen LogP) is -0.0777. The second kappa shape index (κ2) is 6.98. The van der Waals surface area contributed by atoms with Crippen molar-refractivity contribution in [3.63, 3.8) is 0 Å². The molecule has 0 bridgehead atoms. The number of methoxy groups -OCH3 is 2. The molecule has 2 aromatic rings. The molecule has 1 aliphatic heterocycles. The Kier molecular flexibility index (Phi) is 4.77. The van der Waals surface area contributed by atoms with Gasteiger partial charge >= 0.3 is 5.97 Å². The first-order valence-electron chi connectivity index (χ1n) is 7.30. The number of esters is 1. The van der Waals surface area contributed by atoms with Crippen molar-refractivity contribution < 1.29 is 14.3 Å². The van der Waals surface area contributed by atoms with E-state index in [4.69, 9.17) is 4.74 Å². The first kappa shape index (κ1) is 16.4. The Labute approximate surface area is 142 Å². The van der Waals surface area contributed by atoms with Crippen molar-refractivity contribution in [3.05, 3.63) is 49.5 Å². The van der Waals surface area contributed by atoms with Crippen LogP contribution in [0.1, 0.15) is 5.56 Å². The summed E-state index contributed by atoms with van der Waals surface area (Å²) in [6.45, 7) is 1.62. The van der Waals surface area contributed by atoms with E-state index in [0.717, 1.165) is 11.3 Å². The van der Waals surface area contributed by atoms with Gasteiger partial charge in [0.1, 0.15) is 10.3 Å². The molecule has 24 heavy (non-hydrogen) atoms. The number of rotatable bonds is 4. The summed E-state index contributed by atoms with van der Waals surface area (Å²) in [4.78, 5) is 30.8. The topological polar surface area (TPSA) is 73.1 Å². The molecule has 0 atom stereocenters. The number of benzene rings is 1. The molecule has 0 saturated carbocycles. The van der Waals surface area contributed by atoms with Gasteiger partial charge in [0.05, 0.1) is 27.6 Å². The molecule has 0 unspecified atom stereocenters. The normalized spacial score (nSPS) is 14.8. The highest BCUT2D eigenvalue weighted by Gasteiger charge is 2.16. The van der Waals surface area contributed by atoms with Crippen LogP contribution in [-0.2, 0) is 22.7 Å². The fraction of sp³-hybridized carbons (Fsp3) is 0.312. The lowest BCUT2D eigenvalue weighted by molar-refractivity contribution is -0.133. The molecular formula is C16H17N3O4S. The summed E-state index contributed by atoms with van der Waals surface area (Å²) in [6.07, 6.45) is 1.21. The molecule has 0 aliphatic carbocycles. The fourth-order valence-electron chi connectivity index (χ4n) is 2.41. The van der Waals surface area contributed by atoms with Crippen LogP contribution in [0.15, 0.2) is 34.1 Å². The van der Waals surface area contributed by atoms with Gasteiger partial charge in [-0.05, 0) is 17.7 Å².